The number of rotatable bonds is 9. The average Bonchev–Trinajstić information content (AvgIpc) is 3.09. The summed E-state index contributed by atoms with van der Waals surface area (Å²) in [6, 6.07) is 6.64. The molecule has 0 amide bonds. The lowest BCUT2D eigenvalue weighted by molar-refractivity contribution is 0.0599. The normalized spacial score (nSPS) is 10.9. The molecule has 0 saturated heterocycles. The summed E-state index contributed by atoms with van der Waals surface area (Å²) in [6.45, 7) is 4.44. The number of carbonyl (C=O) groups excluding carboxylic acids is 1. The minimum atomic E-state index is -1.05. The van der Waals surface area contributed by atoms with Gasteiger partial charge in [-0.15, -0.1) is 11.3 Å². The van der Waals surface area contributed by atoms with Crippen LogP contribution >= 0.6 is 11.3 Å². The topological polar surface area (TPSA) is 108 Å². The Morgan fingerprint density at radius 3 is 2.55 bits per heavy atom. The quantitative estimate of drug-likeness (QED) is 0.396. The molecule has 0 spiro atoms. The van der Waals surface area contributed by atoms with Crippen molar-refractivity contribution in [1.82, 2.24) is 9.55 Å². The van der Waals surface area contributed by atoms with Gasteiger partial charge in [-0.05, 0) is 49.6 Å². The molecule has 31 heavy (non-hydrogen) atoms. The standard InChI is InChI=1S/C22H24N2O6S/c1-4-6-16-23-19-17(13(2)18(31-19)21(26)27)20(25)24(16)11-5-12-30-15-9-7-14(8-10-15)22(28)29-3/h7-10H,4-6,11-12H2,1-3H3,(H,26,27). The summed E-state index contributed by atoms with van der Waals surface area (Å²) in [5.74, 6) is -0.190. The fraction of sp³-hybridized carbons (Fsp3) is 0.364. The van der Waals surface area contributed by atoms with Crippen LogP contribution in [-0.2, 0) is 17.7 Å². The fourth-order valence-corrected chi connectivity index (χ4v) is 4.35. The highest BCUT2D eigenvalue weighted by Gasteiger charge is 2.20. The maximum Gasteiger partial charge on any atom is 0.346 e. The molecule has 3 rings (SSSR count). The van der Waals surface area contributed by atoms with E-state index in [2.05, 4.69) is 9.72 Å². The van der Waals surface area contributed by atoms with Crippen molar-refractivity contribution in [2.45, 2.75) is 39.7 Å². The summed E-state index contributed by atoms with van der Waals surface area (Å²) in [7, 11) is 1.33. The van der Waals surface area contributed by atoms with E-state index in [1.54, 1.807) is 35.8 Å². The van der Waals surface area contributed by atoms with Gasteiger partial charge in [0.2, 0.25) is 0 Å². The number of hydrogen-bond donors (Lipinski definition) is 1. The zero-order chi connectivity index (χ0) is 22.5. The van der Waals surface area contributed by atoms with Crippen LogP contribution in [0.4, 0.5) is 0 Å². The van der Waals surface area contributed by atoms with Gasteiger partial charge in [-0.3, -0.25) is 9.36 Å². The van der Waals surface area contributed by atoms with E-state index < -0.39 is 11.9 Å². The van der Waals surface area contributed by atoms with E-state index in [9.17, 15) is 19.5 Å². The number of hydrogen-bond acceptors (Lipinski definition) is 7. The summed E-state index contributed by atoms with van der Waals surface area (Å²) in [4.78, 5) is 41.3. The summed E-state index contributed by atoms with van der Waals surface area (Å²) in [5.41, 5.74) is 0.692. The van der Waals surface area contributed by atoms with Crippen molar-refractivity contribution in [1.29, 1.82) is 0 Å². The third-order valence-electron chi connectivity index (χ3n) is 4.87. The van der Waals surface area contributed by atoms with E-state index >= 15 is 0 Å². The van der Waals surface area contributed by atoms with Crippen molar-refractivity contribution in [3.63, 3.8) is 0 Å². The van der Waals surface area contributed by atoms with Crippen LogP contribution in [0.15, 0.2) is 29.1 Å². The molecule has 1 aromatic carbocycles. The van der Waals surface area contributed by atoms with Gasteiger partial charge in [-0.25, -0.2) is 14.6 Å². The number of ether oxygens (including phenoxy) is 2. The number of aryl methyl sites for hydroxylation is 2. The number of benzene rings is 1. The van der Waals surface area contributed by atoms with Crippen LogP contribution in [0.5, 0.6) is 5.75 Å². The van der Waals surface area contributed by atoms with Crippen LogP contribution in [0.1, 0.15) is 51.2 Å². The highest BCUT2D eigenvalue weighted by molar-refractivity contribution is 7.20. The largest absolute Gasteiger partial charge is 0.494 e. The van der Waals surface area contributed by atoms with Gasteiger partial charge in [-0.2, -0.15) is 0 Å². The minimum absolute atomic E-state index is 0.151. The van der Waals surface area contributed by atoms with Crippen molar-refractivity contribution in [3.05, 3.63) is 56.4 Å². The second-order valence-corrected chi connectivity index (χ2v) is 7.99. The van der Waals surface area contributed by atoms with Gasteiger partial charge in [0.1, 0.15) is 21.3 Å². The van der Waals surface area contributed by atoms with Gasteiger partial charge in [0, 0.05) is 13.0 Å². The summed E-state index contributed by atoms with van der Waals surface area (Å²) < 4.78 is 12.0. The van der Waals surface area contributed by atoms with Crippen LogP contribution in [0.25, 0.3) is 10.2 Å². The SMILES string of the molecule is CCCc1nc2sc(C(=O)O)c(C)c2c(=O)n1CCCOc1ccc(C(=O)OC)cc1. The predicted octanol–water partition coefficient (Wildman–Crippen LogP) is 3.67. The maximum absolute atomic E-state index is 13.1. The van der Waals surface area contributed by atoms with Crippen molar-refractivity contribution in [2.75, 3.05) is 13.7 Å². The first kappa shape index (κ1) is 22.5. The molecule has 0 radical (unpaired) electrons. The molecule has 0 aliphatic carbocycles. The molecule has 2 heterocycles. The monoisotopic (exact) mass is 444 g/mol. The number of carbonyl (C=O) groups is 2. The van der Waals surface area contributed by atoms with Crippen LogP contribution < -0.4 is 10.3 Å². The van der Waals surface area contributed by atoms with Gasteiger partial charge in [0.25, 0.3) is 5.56 Å². The second-order valence-electron chi connectivity index (χ2n) is 6.99. The first-order valence-electron chi connectivity index (χ1n) is 9.94. The van der Waals surface area contributed by atoms with Gasteiger partial charge in [0.15, 0.2) is 0 Å². The number of aromatic carboxylic acids is 1. The Bertz CT molecular complexity index is 1160. The highest BCUT2D eigenvalue weighted by atomic mass is 32.1. The average molecular weight is 445 g/mol. The lowest BCUT2D eigenvalue weighted by Gasteiger charge is -2.13. The van der Waals surface area contributed by atoms with E-state index in [4.69, 9.17) is 4.74 Å². The predicted molar refractivity (Wildman–Crippen MR) is 117 cm³/mol. The molecule has 8 nitrogen and oxygen atoms in total. The Kier molecular flexibility index (Phi) is 7.06. The highest BCUT2D eigenvalue weighted by Crippen LogP contribution is 2.27. The zero-order valence-corrected chi connectivity index (χ0v) is 18.5. The number of fused-ring (bicyclic) bond motifs is 1. The molecule has 0 atom stereocenters. The minimum Gasteiger partial charge on any atom is -0.494 e. The molecule has 2 aromatic heterocycles. The number of carboxylic acids is 1. The van der Waals surface area contributed by atoms with Crippen LogP contribution in [0, 0.1) is 6.92 Å². The molecular weight excluding hydrogens is 420 g/mol. The fourth-order valence-electron chi connectivity index (χ4n) is 3.33. The smallest absolute Gasteiger partial charge is 0.346 e. The third kappa shape index (κ3) is 4.77. The number of nitrogens with zero attached hydrogens (tertiary/aromatic N) is 2. The van der Waals surface area contributed by atoms with Crippen LogP contribution in [-0.4, -0.2) is 40.3 Å². The summed E-state index contributed by atoms with van der Waals surface area (Å²) in [5, 5.41) is 9.75. The lowest BCUT2D eigenvalue weighted by Crippen LogP contribution is -2.26. The molecule has 0 bridgehead atoms. The molecule has 0 saturated carbocycles. The first-order valence-corrected chi connectivity index (χ1v) is 10.8. The summed E-state index contributed by atoms with van der Waals surface area (Å²) in [6.07, 6.45) is 2.01. The number of esters is 1. The van der Waals surface area contributed by atoms with Crippen molar-refractivity contribution < 1.29 is 24.2 Å². The van der Waals surface area contributed by atoms with Gasteiger partial charge in [0.05, 0.1) is 24.7 Å². The third-order valence-corrected chi connectivity index (χ3v) is 6.04. The van der Waals surface area contributed by atoms with Gasteiger partial charge in [-0.1, -0.05) is 6.92 Å². The van der Waals surface area contributed by atoms with Gasteiger partial charge >= 0.3 is 11.9 Å². The molecule has 0 unspecified atom stereocenters. The number of thiophene rings is 1. The Balaban J connectivity index is 1.76. The Morgan fingerprint density at radius 2 is 1.94 bits per heavy atom. The number of methoxy groups -OCH3 is 1. The molecule has 164 valence electrons. The van der Waals surface area contributed by atoms with E-state index in [0.717, 1.165) is 17.8 Å². The maximum atomic E-state index is 13.1. The number of aromatic nitrogens is 2. The molecule has 0 aliphatic heterocycles. The van der Waals surface area contributed by atoms with Crippen molar-refractivity contribution in [3.8, 4) is 5.75 Å². The van der Waals surface area contributed by atoms with E-state index in [1.165, 1.54) is 7.11 Å². The Hall–Kier alpha value is -3.20. The Morgan fingerprint density at radius 1 is 1.23 bits per heavy atom. The van der Waals surface area contributed by atoms with Crippen molar-refractivity contribution in [2.24, 2.45) is 0 Å². The molecule has 0 aliphatic rings. The molecule has 1 N–H and O–H groups in total. The van der Waals surface area contributed by atoms with E-state index in [1.807, 2.05) is 6.92 Å². The van der Waals surface area contributed by atoms with E-state index in [-0.39, 0.29) is 10.4 Å². The zero-order valence-electron chi connectivity index (χ0n) is 17.6. The van der Waals surface area contributed by atoms with Crippen LogP contribution in [0.3, 0.4) is 0 Å². The second kappa shape index (κ2) is 9.74. The molecular formula is C22H24N2O6S. The molecule has 3 aromatic rings. The first-order chi connectivity index (χ1) is 14.9. The lowest BCUT2D eigenvalue weighted by atomic mass is 10.2. The molecule has 9 heteroatoms. The van der Waals surface area contributed by atoms with Crippen LogP contribution in [0.2, 0.25) is 0 Å². The van der Waals surface area contributed by atoms with E-state index in [0.29, 0.717) is 58.9 Å². The van der Waals surface area contributed by atoms with Gasteiger partial charge < -0.3 is 14.6 Å². The Labute approximate surface area is 183 Å². The van der Waals surface area contributed by atoms with Crippen molar-refractivity contribution >= 4 is 33.5 Å². The number of carboxylic acid groups (broad SMARTS) is 1. The molecule has 0 fully saturated rings. The summed E-state index contributed by atoms with van der Waals surface area (Å²) >= 11 is 1.04.